The van der Waals surface area contributed by atoms with Crippen LogP contribution in [0.1, 0.15) is 29.6 Å². The molecule has 2 aromatic rings. The summed E-state index contributed by atoms with van der Waals surface area (Å²) >= 11 is 1.26. The van der Waals surface area contributed by atoms with Crippen molar-refractivity contribution in [1.29, 1.82) is 0 Å². The van der Waals surface area contributed by atoms with Crippen LogP contribution in [-0.2, 0) is 9.53 Å². The second-order valence-corrected chi connectivity index (χ2v) is 5.82. The molecule has 0 bridgehead atoms. The number of anilines is 1. The van der Waals surface area contributed by atoms with Gasteiger partial charge in [0.25, 0.3) is 0 Å². The summed E-state index contributed by atoms with van der Waals surface area (Å²) in [6.07, 6.45) is 1.50. The Balaban J connectivity index is 1.86. The smallest absolute Gasteiger partial charge is 0.367 e. The van der Waals surface area contributed by atoms with E-state index < -0.39 is 5.97 Å². The topological polar surface area (TPSA) is 59.5 Å². The fourth-order valence-corrected chi connectivity index (χ4v) is 3.17. The summed E-state index contributed by atoms with van der Waals surface area (Å²) in [5.41, 5.74) is 2.50. The fourth-order valence-electron chi connectivity index (χ4n) is 2.45. The normalized spacial score (nSPS) is 14.4. The van der Waals surface area contributed by atoms with Crippen molar-refractivity contribution in [2.24, 2.45) is 0 Å². The zero-order valence-corrected chi connectivity index (χ0v) is 13.1. The van der Waals surface area contributed by atoms with Crippen molar-refractivity contribution in [3.05, 3.63) is 34.7 Å². The molecule has 6 heteroatoms. The second-order valence-electron chi connectivity index (χ2n) is 4.96. The van der Waals surface area contributed by atoms with E-state index in [4.69, 9.17) is 4.74 Å². The van der Waals surface area contributed by atoms with Gasteiger partial charge in [0.15, 0.2) is 0 Å². The van der Waals surface area contributed by atoms with E-state index in [0.717, 1.165) is 29.9 Å². The van der Waals surface area contributed by atoms with E-state index in [-0.39, 0.29) is 5.91 Å². The molecule has 1 amide bonds. The summed E-state index contributed by atoms with van der Waals surface area (Å²) in [6.45, 7) is 2.86. The van der Waals surface area contributed by atoms with E-state index >= 15 is 0 Å². The molecule has 0 spiro atoms. The third-order valence-electron chi connectivity index (χ3n) is 3.48. The molecule has 0 aliphatic carbocycles. The highest BCUT2D eigenvalue weighted by molar-refractivity contribution is 7.11. The predicted molar refractivity (Wildman–Crippen MR) is 85.1 cm³/mol. The molecule has 0 N–H and O–H groups in total. The minimum atomic E-state index is -0.398. The average molecular weight is 316 g/mol. The third kappa shape index (κ3) is 2.87. The molecule has 1 aromatic heterocycles. The summed E-state index contributed by atoms with van der Waals surface area (Å²) < 4.78 is 4.95. The van der Waals surface area contributed by atoms with Crippen LogP contribution in [0.3, 0.4) is 0 Å². The Labute approximate surface area is 132 Å². The van der Waals surface area contributed by atoms with E-state index in [1.54, 1.807) is 11.8 Å². The Kier molecular flexibility index (Phi) is 4.20. The van der Waals surface area contributed by atoms with Gasteiger partial charge in [-0.15, -0.1) is 11.3 Å². The third-order valence-corrected chi connectivity index (χ3v) is 4.30. The minimum absolute atomic E-state index is 0.155. The number of amides is 1. The Hall–Kier alpha value is -2.21. The molecule has 0 radical (unpaired) electrons. The van der Waals surface area contributed by atoms with Crippen LogP contribution in [0.15, 0.2) is 29.6 Å². The molecular weight excluding hydrogens is 300 g/mol. The maximum atomic E-state index is 11.8. The second kappa shape index (κ2) is 6.27. The molecule has 1 aliphatic rings. The number of esters is 1. The van der Waals surface area contributed by atoms with E-state index in [9.17, 15) is 9.59 Å². The lowest BCUT2D eigenvalue weighted by Crippen LogP contribution is -2.23. The van der Waals surface area contributed by atoms with Crippen LogP contribution in [0.5, 0.6) is 0 Å². The van der Waals surface area contributed by atoms with Gasteiger partial charge in [0.2, 0.25) is 10.9 Å². The first-order chi connectivity index (χ1) is 10.7. The first kappa shape index (κ1) is 14.7. The Morgan fingerprint density at radius 3 is 3.05 bits per heavy atom. The predicted octanol–water partition coefficient (Wildman–Crippen LogP) is 3.11. The molecule has 3 rings (SSSR count). The molecule has 5 nitrogen and oxygen atoms in total. The summed E-state index contributed by atoms with van der Waals surface area (Å²) in [7, 11) is 0. The van der Waals surface area contributed by atoms with Gasteiger partial charge in [-0.25, -0.2) is 9.78 Å². The molecule has 0 unspecified atom stereocenters. The highest BCUT2D eigenvalue weighted by Gasteiger charge is 2.22. The van der Waals surface area contributed by atoms with E-state index in [1.165, 1.54) is 11.3 Å². The largest absolute Gasteiger partial charge is 0.461 e. The summed E-state index contributed by atoms with van der Waals surface area (Å²) in [5, 5.41) is 2.18. The van der Waals surface area contributed by atoms with Gasteiger partial charge in [0, 0.05) is 29.6 Å². The van der Waals surface area contributed by atoms with Crippen LogP contribution in [0.4, 0.5) is 5.69 Å². The highest BCUT2D eigenvalue weighted by Crippen LogP contribution is 2.28. The van der Waals surface area contributed by atoms with Crippen LogP contribution >= 0.6 is 11.3 Å². The standard InChI is InChI=1S/C16H16N2O3S/c1-2-21-16(20)15-17-13(10-22-15)11-5-3-6-12(9-11)18-8-4-7-14(18)19/h3,5-6,9-10H,2,4,7-8H2,1H3. The number of thiazole rings is 1. The molecule has 114 valence electrons. The molecule has 1 aliphatic heterocycles. The van der Waals surface area contributed by atoms with Crippen LogP contribution in [0, 0.1) is 0 Å². The molecule has 22 heavy (non-hydrogen) atoms. The number of aromatic nitrogens is 1. The van der Waals surface area contributed by atoms with Crippen molar-refractivity contribution >= 4 is 28.9 Å². The van der Waals surface area contributed by atoms with Crippen molar-refractivity contribution < 1.29 is 14.3 Å². The zero-order chi connectivity index (χ0) is 15.5. The molecule has 2 heterocycles. The minimum Gasteiger partial charge on any atom is -0.461 e. The van der Waals surface area contributed by atoms with Gasteiger partial charge in [0.1, 0.15) is 0 Å². The van der Waals surface area contributed by atoms with E-state index in [1.807, 2.05) is 29.6 Å². The summed E-state index contributed by atoms with van der Waals surface area (Å²) in [5.74, 6) is -0.243. The lowest BCUT2D eigenvalue weighted by atomic mass is 10.1. The first-order valence-corrected chi connectivity index (χ1v) is 8.10. The van der Waals surface area contributed by atoms with Gasteiger partial charge in [-0.3, -0.25) is 4.79 Å². The first-order valence-electron chi connectivity index (χ1n) is 7.22. The van der Waals surface area contributed by atoms with E-state index in [0.29, 0.717) is 18.0 Å². The number of benzene rings is 1. The Morgan fingerprint density at radius 1 is 1.45 bits per heavy atom. The molecule has 1 fully saturated rings. The van der Waals surface area contributed by atoms with Crippen molar-refractivity contribution in [3.63, 3.8) is 0 Å². The van der Waals surface area contributed by atoms with Crippen LogP contribution in [0.25, 0.3) is 11.3 Å². The van der Waals surface area contributed by atoms with Gasteiger partial charge >= 0.3 is 5.97 Å². The van der Waals surface area contributed by atoms with Crippen molar-refractivity contribution in [3.8, 4) is 11.3 Å². The maximum absolute atomic E-state index is 11.8. The van der Waals surface area contributed by atoms with E-state index in [2.05, 4.69) is 4.98 Å². The van der Waals surface area contributed by atoms with Crippen molar-refractivity contribution in [2.75, 3.05) is 18.1 Å². The maximum Gasteiger partial charge on any atom is 0.367 e. The lowest BCUT2D eigenvalue weighted by Gasteiger charge is -2.16. The number of carbonyl (C=O) groups excluding carboxylic acids is 2. The SMILES string of the molecule is CCOC(=O)c1nc(-c2cccc(N3CCCC3=O)c2)cs1. The van der Waals surface area contributed by atoms with Gasteiger partial charge in [0.05, 0.1) is 12.3 Å². The van der Waals surface area contributed by atoms with Crippen LogP contribution in [-0.4, -0.2) is 30.0 Å². The lowest BCUT2D eigenvalue weighted by molar-refractivity contribution is -0.117. The van der Waals surface area contributed by atoms with Crippen LogP contribution in [0.2, 0.25) is 0 Å². The summed E-state index contributed by atoms with van der Waals surface area (Å²) in [4.78, 5) is 29.6. The Bertz CT molecular complexity index is 711. The monoisotopic (exact) mass is 316 g/mol. The van der Waals surface area contributed by atoms with Gasteiger partial charge in [-0.2, -0.15) is 0 Å². The molecular formula is C16H16N2O3S. The Morgan fingerprint density at radius 2 is 2.32 bits per heavy atom. The fraction of sp³-hybridized carbons (Fsp3) is 0.312. The molecule has 1 aromatic carbocycles. The summed E-state index contributed by atoms with van der Waals surface area (Å²) in [6, 6.07) is 7.69. The number of hydrogen-bond acceptors (Lipinski definition) is 5. The van der Waals surface area contributed by atoms with Crippen molar-refractivity contribution in [2.45, 2.75) is 19.8 Å². The number of carbonyl (C=O) groups is 2. The van der Waals surface area contributed by atoms with Gasteiger partial charge < -0.3 is 9.64 Å². The molecule has 0 saturated carbocycles. The average Bonchev–Trinajstić information content (AvgIpc) is 3.16. The number of hydrogen-bond donors (Lipinski definition) is 0. The van der Waals surface area contributed by atoms with Crippen molar-refractivity contribution in [1.82, 2.24) is 4.98 Å². The quantitative estimate of drug-likeness (QED) is 0.813. The van der Waals surface area contributed by atoms with Gasteiger partial charge in [-0.05, 0) is 25.5 Å². The zero-order valence-electron chi connectivity index (χ0n) is 12.2. The van der Waals surface area contributed by atoms with Gasteiger partial charge in [-0.1, -0.05) is 12.1 Å². The number of nitrogens with zero attached hydrogens (tertiary/aromatic N) is 2. The highest BCUT2D eigenvalue weighted by atomic mass is 32.1. The molecule has 0 atom stereocenters. The number of rotatable bonds is 4. The molecule has 1 saturated heterocycles. The van der Waals surface area contributed by atoms with Crippen LogP contribution < -0.4 is 4.90 Å². The number of ether oxygens (including phenoxy) is 1.